The van der Waals surface area contributed by atoms with Gasteiger partial charge in [-0.25, -0.2) is 0 Å². The van der Waals surface area contributed by atoms with Crippen LogP contribution in [0.25, 0.3) is 0 Å². The summed E-state index contributed by atoms with van der Waals surface area (Å²) in [6, 6.07) is 0. The first kappa shape index (κ1) is 20.0. The fourth-order valence-corrected chi connectivity index (χ4v) is 3.35. The van der Waals surface area contributed by atoms with E-state index in [1.54, 1.807) is 0 Å². The Morgan fingerprint density at radius 1 is 1.14 bits per heavy atom. The Hall–Kier alpha value is -0.0400. The molecular weight excluding hydrogens is 389 g/mol. The van der Waals surface area contributed by atoms with Crippen LogP contribution in [0.4, 0.5) is 0 Å². The van der Waals surface area contributed by atoms with Crippen molar-refractivity contribution in [3.05, 3.63) is 0 Å². The third kappa shape index (κ3) is 7.49. The quantitative estimate of drug-likeness (QED) is 0.339. The molecule has 2 N–H and O–H groups in total. The molecule has 4 nitrogen and oxygen atoms in total. The fourth-order valence-electron chi connectivity index (χ4n) is 3.35. The van der Waals surface area contributed by atoms with Gasteiger partial charge < -0.3 is 15.4 Å². The fraction of sp³-hybridized carbons (Fsp3) is 0.941. The molecule has 2 fully saturated rings. The summed E-state index contributed by atoms with van der Waals surface area (Å²) in [6.07, 6.45) is 11.1. The van der Waals surface area contributed by atoms with E-state index >= 15 is 0 Å². The molecule has 0 aromatic rings. The first-order valence-corrected chi connectivity index (χ1v) is 8.89. The molecular formula is C17H34IN3O. The maximum absolute atomic E-state index is 5.96. The van der Waals surface area contributed by atoms with E-state index in [4.69, 9.17) is 4.74 Å². The van der Waals surface area contributed by atoms with E-state index in [9.17, 15) is 0 Å². The third-order valence-corrected chi connectivity index (χ3v) is 4.79. The first-order valence-electron chi connectivity index (χ1n) is 8.89. The van der Waals surface area contributed by atoms with Crippen molar-refractivity contribution >= 4 is 29.9 Å². The lowest BCUT2D eigenvalue weighted by molar-refractivity contribution is 0.0169. The van der Waals surface area contributed by atoms with Crippen molar-refractivity contribution in [1.82, 2.24) is 10.6 Å². The van der Waals surface area contributed by atoms with Crippen LogP contribution < -0.4 is 10.6 Å². The maximum Gasteiger partial charge on any atom is 0.190 e. The Morgan fingerprint density at radius 3 is 2.41 bits per heavy atom. The summed E-state index contributed by atoms with van der Waals surface area (Å²) in [5.74, 6) is 2.69. The van der Waals surface area contributed by atoms with Crippen molar-refractivity contribution in [1.29, 1.82) is 0 Å². The summed E-state index contributed by atoms with van der Waals surface area (Å²) in [6.45, 7) is 4.93. The van der Waals surface area contributed by atoms with E-state index in [1.807, 2.05) is 7.05 Å². The molecule has 2 aliphatic carbocycles. The lowest BCUT2D eigenvalue weighted by Crippen LogP contribution is -2.40. The van der Waals surface area contributed by atoms with Crippen LogP contribution >= 0.6 is 24.0 Å². The highest BCUT2D eigenvalue weighted by Gasteiger charge is 2.25. The third-order valence-electron chi connectivity index (χ3n) is 4.79. The number of ether oxygens (including phenoxy) is 1. The van der Waals surface area contributed by atoms with Crippen molar-refractivity contribution in [2.75, 3.05) is 26.7 Å². The zero-order valence-corrected chi connectivity index (χ0v) is 16.6. The number of guanidine groups is 1. The van der Waals surface area contributed by atoms with Gasteiger partial charge in [0.05, 0.1) is 6.10 Å². The van der Waals surface area contributed by atoms with Crippen molar-refractivity contribution in [3.63, 3.8) is 0 Å². The van der Waals surface area contributed by atoms with Gasteiger partial charge in [-0.1, -0.05) is 25.7 Å². The normalized spacial score (nSPS) is 20.5. The summed E-state index contributed by atoms with van der Waals surface area (Å²) < 4.78 is 5.96. The van der Waals surface area contributed by atoms with Gasteiger partial charge in [-0.05, 0) is 44.4 Å². The number of halogens is 1. The number of aliphatic imine (C=N–C) groups is 1. The van der Waals surface area contributed by atoms with E-state index in [2.05, 4.69) is 22.5 Å². The number of nitrogens with one attached hydrogen (secondary N) is 2. The minimum Gasteiger partial charge on any atom is -0.378 e. The summed E-state index contributed by atoms with van der Waals surface area (Å²) in [5, 5.41) is 6.85. The molecule has 5 heteroatoms. The number of hydrogen-bond donors (Lipinski definition) is 2. The van der Waals surface area contributed by atoms with Crippen molar-refractivity contribution < 1.29 is 4.74 Å². The standard InChI is InChI=1S/C17H33N3O.HI/c1-3-21-16(15-6-4-5-7-15)11-13-20-17(18-2)19-12-10-14-8-9-14;/h14-16H,3-13H2,1-2H3,(H2,18,19,20);1H. The molecule has 0 spiro atoms. The highest BCUT2D eigenvalue weighted by molar-refractivity contribution is 14.0. The molecule has 130 valence electrons. The van der Waals surface area contributed by atoms with E-state index in [-0.39, 0.29) is 24.0 Å². The molecule has 1 atom stereocenters. The molecule has 0 saturated heterocycles. The molecule has 0 radical (unpaired) electrons. The molecule has 0 heterocycles. The minimum absolute atomic E-state index is 0. The molecule has 0 bridgehead atoms. The van der Waals surface area contributed by atoms with Gasteiger partial charge in [-0.3, -0.25) is 4.99 Å². The number of nitrogens with zero attached hydrogens (tertiary/aromatic N) is 1. The predicted molar refractivity (Wildman–Crippen MR) is 104 cm³/mol. The lowest BCUT2D eigenvalue weighted by atomic mass is 9.98. The van der Waals surface area contributed by atoms with Crippen molar-refractivity contribution in [2.45, 2.75) is 64.4 Å². The monoisotopic (exact) mass is 423 g/mol. The highest BCUT2D eigenvalue weighted by Crippen LogP contribution is 2.31. The van der Waals surface area contributed by atoms with Crippen LogP contribution in [0.1, 0.15) is 58.3 Å². The molecule has 0 aromatic carbocycles. The van der Waals surface area contributed by atoms with Crippen LogP contribution in [-0.2, 0) is 4.74 Å². The topological polar surface area (TPSA) is 45.6 Å². The van der Waals surface area contributed by atoms with Crippen LogP contribution in [0.5, 0.6) is 0 Å². The lowest BCUT2D eigenvalue weighted by Gasteiger charge is -2.24. The molecule has 1 unspecified atom stereocenters. The van der Waals surface area contributed by atoms with Gasteiger partial charge in [0.2, 0.25) is 0 Å². The van der Waals surface area contributed by atoms with Crippen LogP contribution in [-0.4, -0.2) is 38.8 Å². The summed E-state index contributed by atoms with van der Waals surface area (Å²) in [5.41, 5.74) is 0. The molecule has 2 rings (SSSR count). The zero-order chi connectivity index (χ0) is 14.9. The molecule has 0 aromatic heterocycles. The van der Waals surface area contributed by atoms with Crippen LogP contribution in [0.3, 0.4) is 0 Å². The van der Waals surface area contributed by atoms with E-state index in [0.717, 1.165) is 43.9 Å². The Kier molecular flexibility index (Phi) is 10.4. The minimum atomic E-state index is 0. The SMILES string of the molecule is CCOC(CCNC(=NC)NCCC1CC1)C1CCCC1.I. The second kappa shape index (κ2) is 11.5. The first-order chi connectivity index (χ1) is 10.3. The van der Waals surface area contributed by atoms with Crippen molar-refractivity contribution in [2.24, 2.45) is 16.8 Å². The summed E-state index contributed by atoms with van der Waals surface area (Å²) >= 11 is 0. The highest BCUT2D eigenvalue weighted by atomic mass is 127. The van der Waals surface area contributed by atoms with E-state index in [0.29, 0.717) is 6.10 Å². The summed E-state index contributed by atoms with van der Waals surface area (Å²) in [7, 11) is 1.85. The van der Waals surface area contributed by atoms with E-state index < -0.39 is 0 Å². The Balaban J connectivity index is 0.00000242. The van der Waals surface area contributed by atoms with Crippen LogP contribution in [0.15, 0.2) is 4.99 Å². The maximum atomic E-state index is 5.96. The second-order valence-corrected chi connectivity index (χ2v) is 6.48. The largest absolute Gasteiger partial charge is 0.378 e. The molecule has 2 saturated carbocycles. The average molecular weight is 423 g/mol. The number of hydrogen-bond acceptors (Lipinski definition) is 2. The Labute approximate surface area is 153 Å². The van der Waals surface area contributed by atoms with Gasteiger partial charge in [0.25, 0.3) is 0 Å². The van der Waals surface area contributed by atoms with Crippen LogP contribution in [0, 0.1) is 11.8 Å². The van der Waals surface area contributed by atoms with Gasteiger partial charge in [-0.15, -0.1) is 24.0 Å². The number of rotatable bonds is 9. The second-order valence-electron chi connectivity index (χ2n) is 6.48. The molecule has 2 aliphatic rings. The summed E-state index contributed by atoms with van der Waals surface area (Å²) in [4.78, 5) is 4.30. The smallest absolute Gasteiger partial charge is 0.190 e. The van der Waals surface area contributed by atoms with Gasteiger partial charge >= 0.3 is 0 Å². The molecule has 0 aliphatic heterocycles. The van der Waals surface area contributed by atoms with Gasteiger partial charge in [0.15, 0.2) is 5.96 Å². The van der Waals surface area contributed by atoms with Gasteiger partial charge in [0.1, 0.15) is 0 Å². The van der Waals surface area contributed by atoms with Gasteiger partial charge in [-0.2, -0.15) is 0 Å². The zero-order valence-electron chi connectivity index (χ0n) is 14.3. The van der Waals surface area contributed by atoms with Crippen molar-refractivity contribution in [3.8, 4) is 0 Å². The molecule has 0 amide bonds. The van der Waals surface area contributed by atoms with Gasteiger partial charge in [0, 0.05) is 26.7 Å². The average Bonchev–Trinajstić information content (AvgIpc) is 3.15. The Bertz CT molecular complexity index is 315. The van der Waals surface area contributed by atoms with E-state index in [1.165, 1.54) is 44.9 Å². The van der Waals surface area contributed by atoms with Crippen LogP contribution in [0.2, 0.25) is 0 Å². The molecule has 22 heavy (non-hydrogen) atoms. The Morgan fingerprint density at radius 2 is 1.82 bits per heavy atom. The predicted octanol–water partition coefficient (Wildman–Crippen LogP) is 3.55.